The van der Waals surface area contributed by atoms with Gasteiger partial charge in [0.05, 0.1) is 12.2 Å². The molecular formula is C15H28N2OS. The van der Waals surface area contributed by atoms with Crippen molar-refractivity contribution in [1.82, 2.24) is 10.2 Å². The molecule has 3 atom stereocenters. The monoisotopic (exact) mass is 284 g/mol. The van der Waals surface area contributed by atoms with Gasteiger partial charge < -0.3 is 4.90 Å². The standard InChI is InChI=1S/C15H28N2OS/c1-5-11(2)13-14(18)17(12(3)16-13)10-15(19-4)8-6-7-9-15/h11-13,16H,5-10H2,1-4H3. The molecule has 1 amide bonds. The topological polar surface area (TPSA) is 32.3 Å². The van der Waals surface area contributed by atoms with Crippen molar-refractivity contribution in [3.05, 3.63) is 0 Å². The highest BCUT2D eigenvalue weighted by Gasteiger charge is 2.44. The summed E-state index contributed by atoms with van der Waals surface area (Å²) in [6, 6.07) is 0.0281. The predicted octanol–water partition coefficient (Wildman–Crippen LogP) is 2.85. The Bertz CT molecular complexity index is 328. The minimum Gasteiger partial charge on any atom is -0.325 e. The van der Waals surface area contributed by atoms with Crippen molar-refractivity contribution >= 4 is 17.7 Å². The minimum absolute atomic E-state index is 0.0281. The third-order valence-electron chi connectivity index (χ3n) is 5.06. The lowest BCUT2D eigenvalue weighted by Crippen LogP contribution is -2.44. The molecule has 2 rings (SSSR count). The van der Waals surface area contributed by atoms with E-state index in [0.29, 0.717) is 16.6 Å². The van der Waals surface area contributed by atoms with Crippen molar-refractivity contribution in [3.8, 4) is 0 Å². The van der Waals surface area contributed by atoms with Crippen LogP contribution >= 0.6 is 11.8 Å². The van der Waals surface area contributed by atoms with E-state index in [1.54, 1.807) is 0 Å². The second-order valence-corrected chi connectivity index (χ2v) is 7.54. The molecule has 0 radical (unpaired) electrons. The first kappa shape index (κ1) is 15.2. The second kappa shape index (κ2) is 6.04. The quantitative estimate of drug-likeness (QED) is 0.842. The molecule has 1 aliphatic heterocycles. The molecule has 0 aromatic heterocycles. The van der Waals surface area contributed by atoms with Crippen molar-refractivity contribution in [2.45, 2.75) is 69.8 Å². The molecule has 2 aliphatic rings. The van der Waals surface area contributed by atoms with Crippen LogP contribution in [0.2, 0.25) is 0 Å². The van der Waals surface area contributed by atoms with Gasteiger partial charge in [-0.3, -0.25) is 10.1 Å². The lowest BCUT2D eigenvalue weighted by atomic mass is 9.99. The summed E-state index contributed by atoms with van der Waals surface area (Å²) in [5.74, 6) is 0.746. The van der Waals surface area contributed by atoms with Gasteiger partial charge in [-0.15, -0.1) is 0 Å². The Morgan fingerprint density at radius 2 is 2.11 bits per heavy atom. The van der Waals surface area contributed by atoms with E-state index in [1.807, 2.05) is 11.8 Å². The molecule has 4 heteroatoms. The largest absolute Gasteiger partial charge is 0.325 e. The molecule has 0 spiro atoms. The van der Waals surface area contributed by atoms with Crippen LogP contribution in [0.1, 0.15) is 52.9 Å². The van der Waals surface area contributed by atoms with Crippen molar-refractivity contribution in [1.29, 1.82) is 0 Å². The van der Waals surface area contributed by atoms with E-state index in [0.717, 1.165) is 13.0 Å². The molecule has 19 heavy (non-hydrogen) atoms. The Kier molecular flexibility index (Phi) is 4.83. The fourth-order valence-electron chi connectivity index (χ4n) is 3.41. The van der Waals surface area contributed by atoms with Gasteiger partial charge in [0.2, 0.25) is 5.91 Å². The Hall–Kier alpha value is -0.220. The van der Waals surface area contributed by atoms with Crippen LogP contribution in [0.15, 0.2) is 0 Å². The maximum absolute atomic E-state index is 12.6. The Morgan fingerprint density at radius 1 is 1.47 bits per heavy atom. The van der Waals surface area contributed by atoms with E-state index >= 15 is 0 Å². The highest BCUT2D eigenvalue weighted by molar-refractivity contribution is 8.00. The fraction of sp³-hybridized carbons (Fsp3) is 0.933. The van der Waals surface area contributed by atoms with Crippen LogP contribution in [0, 0.1) is 5.92 Å². The first-order valence-corrected chi connectivity index (χ1v) is 8.87. The number of carbonyl (C=O) groups excluding carboxylic acids is 1. The van der Waals surface area contributed by atoms with Crippen molar-refractivity contribution in [2.75, 3.05) is 12.8 Å². The highest BCUT2D eigenvalue weighted by Crippen LogP contribution is 2.41. The van der Waals surface area contributed by atoms with E-state index in [1.165, 1.54) is 25.7 Å². The first-order valence-electron chi connectivity index (χ1n) is 7.64. The van der Waals surface area contributed by atoms with E-state index < -0.39 is 0 Å². The average molecular weight is 284 g/mol. The zero-order chi connectivity index (χ0) is 14.0. The summed E-state index contributed by atoms with van der Waals surface area (Å²) in [4.78, 5) is 14.7. The van der Waals surface area contributed by atoms with Gasteiger partial charge in [-0.25, -0.2) is 0 Å². The van der Waals surface area contributed by atoms with Gasteiger partial charge in [0, 0.05) is 11.3 Å². The maximum Gasteiger partial charge on any atom is 0.241 e. The van der Waals surface area contributed by atoms with Crippen molar-refractivity contribution < 1.29 is 4.79 Å². The van der Waals surface area contributed by atoms with Crippen LogP contribution in [-0.2, 0) is 4.79 Å². The van der Waals surface area contributed by atoms with Gasteiger partial charge in [-0.1, -0.05) is 33.1 Å². The minimum atomic E-state index is 0.0281. The lowest BCUT2D eigenvalue weighted by molar-refractivity contribution is -0.131. The summed E-state index contributed by atoms with van der Waals surface area (Å²) >= 11 is 1.96. The van der Waals surface area contributed by atoms with Gasteiger partial charge >= 0.3 is 0 Å². The van der Waals surface area contributed by atoms with Crippen LogP contribution < -0.4 is 5.32 Å². The SMILES string of the molecule is CCC(C)C1NC(C)N(CC2(SC)CCCC2)C1=O. The summed E-state index contributed by atoms with van der Waals surface area (Å²) in [6.07, 6.45) is 8.61. The summed E-state index contributed by atoms with van der Waals surface area (Å²) in [5.41, 5.74) is 0. The van der Waals surface area contributed by atoms with Crippen LogP contribution in [-0.4, -0.2) is 40.6 Å². The average Bonchev–Trinajstić information content (AvgIpc) is 2.99. The van der Waals surface area contributed by atoms with E-state index in [9.17, 15) is 4.79 Å². The highest BCUT2D eigenvalue weighted by atomic mass is 32.2. The molecule has 0 aromatic rings. The molecule has 3 nitrogen and oxygen atoms in total. The lowest BCUT2D eigenvalue weighted by Gasteiger charge is -2.33. The zero-order valence-corrected chi connectivity index (χ0v) is 13.6. The number of thioether (sulfide) groups is 1. The number of hydrogen-bond acceptors (Lipinski definition) is 3. The number of nitrogens with one attached hydrogen (secondary N) is 1. The molecule has 1 heterocycles. The van der Waals surface area contributed by atoms with Gasteiger partial charge in [0.15, 0.2) is 0 Å². The molecule has 1 aliphatic carbocycles. The third-order valence-corrected chi connectivity index (χ3v) is 6.46. The molecule has 0 bridgehead atoms. The molecule has 1 N–H and O–H groups in total. The van der Waals surface area contributed by atoms with Crippen LogP contribution in [0.4, 0.5) is 0 Å². The molecule has 110 valence electrons. The molecule has 3 unspecified atom stereocenters. The fourth-order valence-corrected chi connectivity index (χ4v) is 4.37. The first-order chi connectivity index (χ1) is 9.03. The van der Waals surface area contributed by atoms with Gasteiger partial charge in [-0.05, 0) is 31.9 Å². The van der Waals surface area contributed by atoms with Crippen molar-refractivity contribution in [3.63, 3.8) is 0 Å². The Labute approximate surface area is 121 Å². The molecular weight excluding hydrogens is 256 g/mol. The van der Waals surface area contributed by atoms with Crippen LogP contribution in [0.5, 0.6) is 0 Å². The summed E-state index contributed by atoms with van der Waals surface area (Å²) in [7, 11) is 0. The summed E-state index contributed by atoms with van der Waals surface area (Å²) in [5, 5.41) is 3.49. The van der Waals surface area contributed by atoms with E-state index in [4.69, 9.17) is 0 Å². The summed E-state index contributed by atoms with van der Waals surface area (Å²) in [6.45, 7) is 7.39. The van der Waals surface area contributed by atoms with Crippen molar-refractivity contribution in [2.24, 2.45) is 5.92 Å². The predicted molar refractivity (Wildman–Crippen MR) is 82.3 cm³/mol. The number of nitrogens with zero attached hydrogens (tertiary/aromatic N) is 1. The van der Waals surface area contributed by atoms with Gasteiger partial charge in [0.25, 0.3) is 0 Å². The van der Waals surface area contributed by atoms with Crippen LogP contribution in [0.25, 0.3) is 0 Å². The van der Waals surface area contributed by atoms with Crippen LogP contribution in [0.3, 0.4) is 0 Å². The van der Waals surface area contributed by atoms with E-state index in [-0.39, 0.29) is 12.2 Å². The number of carbonyl (C=O) groups is 1. The van der Waals surface area contributed by atoms with Gasteiger partial charge in [0.1, 0.15) is 0 Å². The third kappa shape index (κ3) is 2.94. The Morgan fingerprint density at radius 3 is 2.63 bits per heavy atom. The molecule has 1 saturated heterocycles. The smallest absolute Gasteiger partial charge is 0.241 e. The maximum atomic E-state index is 12.6. The summed E-state index contributed by atoms with van der Waals surface area (Å²) < 4.78 is 0.315. The Balaban J connectivity index is 2.06. The number of hydrogen-bond donors (Lipinski definition) is 1. The second-order valence-electron chi connectivity index (χ2n) is 6.27. The molecule has 1 saturated carbocycles. The zero-order valence-electron chi connectivity index (χ0n) is 12.7. The number of rotatable bonds is 5. The normalized spacial score (nSPS) is 32.0. The molecule has 0 aromatic carbocycles. The van der Waals surface area contributed by atoms with E-state index in [2.05, 4.69) is 37.2 Å². The number of amides is 1. The molecule has 2 fully saturated rings. The van der Waals surface area contributed by atoms with Gasteiger partial charge in [-0.2, -0.15) is 11.8 Å².